The highest BCUT2D eigenvalue weighted by Crippen LogP contribution is 2.22. The van der Waals surface area contributed by atoms with Gasteiger partial charge in [0.1, 0.15) is 17.9 Å². The number of benzene rings is 2. The molecule has 1 amide bonds. The summed E-state index contributed by atoms with van der Waals surface area (Å²) in [7, 11) is 0. The van der Waals surface area contributed by atoms with Gasteiger partial charge in [-0.2, -0.15) is 10.2 Å². The summed E-state index contributed by atoms with van der Waals surface area (Å²) in [6, 6.07) is 18.6. The van der Waals surface area contributed by atoms with Gasteiger partial charge in [0.15, 0.2) is 0 Å². The van der Waals surface area contributed by atoms with Gasteiger partial charge in [0.05, 0.1) is 5.69 Å². The number of fused-ring (bicyclic) bond motifs is 1. The molecular formula is C28H32N6O2. The first-order valence-corrected chi connectivity index (χ1v) is 12.5. The zero-order valence-corrected chi connectivity index (χ0v) is 21.3. The molecule has 1 aliphatic heterocycles. The van der Waals surface area contributed by atoms with Crippen LogP contribution in [0.1, 0.15) is 30.8 Å². The third-order valence-corrected chi connectivity index (χ3v) is 6.99. The Labute approximate surface area is 210 Å². The second-order valence-corrected chi connectivity index (χ2v) is 9.61. The molecule has 1 saturated heterocycles. The van der Waals surface area contributed by atoms with Crippen LogP contribution in [0, 0.1) is 13.8 Å². The minimum Gasteiger partial charge on any atom is -0.365 e. The Kier molecular flexibility index (Phi) is 6.35. The molecule has 0 radical (unpaired) electrons. The largest absolute Gasteiger partial charge is 0.365 e. The van der Waals surface area contributed by atoms with E-state index in [0.29, 0.717) is 30.1 Å². The molecule has 1 unspecified atom stereocenters. The third-order valence-electron chi connectivity index (χ3n) is 6.99. The Morgan fingerprint density at radius 1 is 1.03 bits per heavy atom. The number of carbonyl (C=O) groups is 1. The van der Waals surface area contributed by atoms with E-state index in [1.807, 2.05) is 17.0 Å². The van der Waals surface area contributed by atoms with Gasteiger partial charge in [-0.25, -0.2) is 9.20 Å². The predicted molar refractivity (Wildman–Crippen MR) is 141 cm³/mol. The molecule has 1 aliphatic rings. The van der Waals surface area contributed by atoms with E-state index in [4.69, 9.17) is 0 Å². The maximum atomic E-state index is 13.2. The number of piperazine rings is 1. The summed E-state index contributed by atoms with van der Waals surface area (Å²) in [6.45, 7) is 10.0. The van der Waals surface area contributed by atoms with Crippen LogP contribution in [-0.4, -0.2) is 55.9 Å². The van der Waals surface area contributed by atoms with Crippen molar-refractivity contribution in [2.45, 2.75) is 46.7 Å². The fraction of sp³-hybridized carbons (Fsp3) is 0.357. The molecule has 186 valence electrons. The summed E-state index contributed by atoms with van der Waals surface area (Å²) in [5, 5.41) is 9.01. The zero-order chi connectivity index (χ0) is 25.4. The van der Waals surface area contributed by atoms with Gasteiger partial charge >= 0.3 is 0 Å². The van der Waals surface area contributed by atoms with E-state index in [9.17, 15) is 9.59 Å². The van der Waals surface area contributed by atoms with E-state index >= 15 is 0 Å². The minimum absolute atomic E-state index is 0.0843. The summed E-state index contributed by atoms with van der Waals surface area (Å²) >= 11 is 0. The quantitative estimate of drug-likeness (QED) is 0.434. The normalized spacial score (nSPS) is 16.1. The molecular weight excluding hydrogens is 452 g/mol. The van der Waals surface area contributed by atoms with Crippen LogP contribution in [-0.2, 0) is 17.8 Å². The molecule has 8 nitrogen and oxygen atoms in total. The van der Waals surface area contributed by atoms with Crippen molar-refractivity contribution in [2.24, 2.45) is 0 Å². The number of amides is 1. The SMILES string of the molecule is CCc1ccc(-c2cc3c(=O)n(CC(=O)N4CCN(c5cccc(C)c5)C(C)C4)nc(C)n3n2)cc1. The van der Waals surface area contributed by atoms with E-state index < -0.39 is 0 Å². The molecule has 8 heteroatoms. The van der Waals surface area contributed by atoms with Crippen LogP contribution in [0.25, 0.3) is 16.8 Å². The van der Waals surface area contributed by atoms with E-state index in [0.717, 1.165) is 18.5 Å². The van der Waals surface area contributed by atoms with Crippen molar-refractivity contribution < 1.29 is 4.79 Å². The average Bonchev–Trinajstić information content (AvgIpc) is 3.33. The first kappa shape index (κ1) is 23.8. The summed E-state index contributed by atoms with van der Waals surface area (Å²) in [5.41, 5.74) is 5.40. The van der Waals surface area contributed by atoms with E-state index in [1.165, 1.54) is 21.5 Å². The molecule has 0 spiro atoms. The minimum atomic E-state index is -0.315. The monoisotopic (exact) mass is 484 g/mol. The molecule has 4 aromatic rings. The predicted octanol–water partition coefficient (Wildman–Crippen LogP) is 3.47. The molecule has 36 heavy (non-hydrogen) atoms. The van der Waals surface area contributed by atoms with Gasteiger partial charge in [0, 0.05) is 36.9 Å². The maximum absolute atomic E-state index is 13.2. The average molecular weight is 485 g/mol. The zero-order valence-electron chi connectivity index (χ0n) is 21.3. The van der Waals surface area contributed by atoms with Gasteiger partial charge in [0.2, 0.25) is 5.91 Å². The summed E-state index contributed by atoms with van der Waals surface area (Å²) in [4.78, 5) is 30.6. The van der Waals surface area contributed by atoms with Crippen molar-refractivity contribution in [3.63, 3.8) is 0 Å². The number of hydrogen-bond acceptors (Lipinski definition) is 5. The Morgan fingerprint density at radius 2 is 1.81 bits per heavy atom. The van der Waals surface area contributed by atoms with E-state index in [-0.39, 0.29) is 24.1 Å². The number of rotatable bonds is 5. The molecule has 1 fully saturated rings. The van der Waals surface area contributed by atoms with Crippen molar-refractivity contribution in [2.75, 3.05) is 24.5 Å². The van der Waals surface area contributed by atoms with Crippen LogP contribution in [0.4, 0.5) is 5.69 Å². The number of aryl methyl sites for hydroxylation is 3. The van der Waals surface area contributed by atoms with Crippen molar-refractivity contribution in [1.29, 1.82) is 0 Å². The van der Waals surface area contributed by atoms with Gasteiger partial charge in [-0.3, -0.25) is 9.59 Å². The number of carbonyl (C=O) groups excluding carboxylic acids is 1. The summed E-state index contributed by atoms with van der Waals surface area (Å²) in [6.07, 6.45) is 0.965. The first-order valence-electron chi connectivity index (χ1n) is 12.5. The molecule has 0 saturated carbocycles. The Hall–Kier alpha value is -3.94. The number of nitrogens with zero attached hydrogens (tertiary/aromatic N) is 6. The van der Waals surface area contributed by atoms with Gasteiger partial charge in [-0.15, -0.1) is 0 Å². The lowest BCUT2D eigenvalue weighted by Crippen LogP contribution is -2.54. The Balaban J connectivity index is 1.34. The van der Waals surface area contributed by atoms with Crippen LogP contribution in [0.3, 0.4) is 0 Å². The molecule has 2 aromatic carbocycles. The van der Waals surface area contributed by atoms with Crippen LogP contribution in [0.5, 0.6) is 0 Å². The molecule has 0 aliphatic carbocycles. The molecule has 3 heterocycles. The van der Waals surface area contributed by atoms with Crippen molar-refractivity contribution in [3.8, 4) is 11.3 Å². The molecule has 1 atom stereocenters. The van der Waals surface area contributed by atoms with Crippen molar-refractivity contribution in [1.82, 2.24) is 24.3 Å². The van der Waals surface area contributed by atoms with Crippen molar-refractivity contribution in [3.05, 3.63) is 81.9 Å². The smallest absolute Gasteiger partial charge is 0.293 e. The molecule has 0 bridgehead atoms. The van der Waals surface area contributed by atoms with Crippen LogP contribution >= 0.6 is 0 Å². The lowest BCUT2D eigenvalue weighted by atomic mass is 10.1. The highest BCUT2D eigenvalue weighted by Gasteiger charge is 2.27. The van der Waals surface area contributed by atoms with Gasteiger partial charge in [0.25, 0.3) is 5.56 Å². The van der Waals surface area contributed by atoms with Crippen LogP contribution in [0.2, 0.25) is 0 Å². The second-order valence-electron chi connectivity index (χ2n) is 9.61. The summed E-state index contributed by atoms with van der Waals surface area (Å²) in [5.74, 6) is 0.463. The molecule has 5 rings (SSSR count). The fourth-order valence-corrected chi connectivity index (χ4v) is 4.94. The Morgan fingerprint density at radius 3 is 2.50 bits per heavy atom. The topological polar surface area (TPSA) is 75.7 Å². The number of aromatic nitrogens is 4. The van der Waals surface area contributed by atoms with Gasteiger partial charge in [-0.05, 0) is 56.5 Å². The molecule has 2 aromatic heterocycles. The van der Waals surface area contributed by atoms with E-state index in [2.05, 4.69) is 72.3 Å². The number of anilines is 1. The fourth-order valence-electron chi connectivity index (χ4n) is 4.94. The van der Waals surface area contributed by atoms with Gasteiger partial charge in [-0.1, -0.05) is 43.3 Å². The maximum Gasteiger partial charge on any atom is 0.293 e. The second kappa shape index (κ2) is 9.60. The van der Waals surface area contributed by atoms with Crippen LogP contribution < -0.4 is 10.5 Å². The Bertz CT molecular complexity index is 1470. The molecule has 0 N–H and O–H groups in total. The number of hydrogen-bond donors (Lipinski definition) is 0. The summed E-state index contributed by atoms with van der Waals surface area (Å²) < 4.78 is 2.84. The lowest BCUT2D eigenvalue weighted by molar-refractivity contribution is -0.132. The van der Waals surface area contributed by atoms with Crippen molar-refractivity contribution >= 4 is 17.1 Å². The highest BCUT2D eigenvalue weighted by atomic mass is 16.2. The van der Waals surface area contributed by atoms with Gasteiger partial charge < -0.3 is 9.80 Å². The third kappa shape index (κ3) is 4.51. The van der Waals surface area contributed by atoms with E-state index in [1.54, 1.807) is 17.5 Å². The lowest BCUT2D eigenvalue weighted by Gasteiger charge is -2.41. The highest BCUT2D eigenvalue weighted by molar-refractivity contribution is 5.76. The van der Waals surface area contributed by atoms with Crippen LogP contribution in [0.15, 0.2) is 59.4 Å². The first-order chi connectivity index (χ1) is 17.3. The standard InChI is InChI=1S/C28H32N6O2/c1-5-22-9-11-23(12-10-22)25-16-26-28(36)33(29-21(4)34(26)30-25)18-27(35)31-13-14-32(20(3)17-31)24-8-6-7-19(2)15-24/h6-12,15-16,20H,5,13-14,17-18H2,1-4H3.